The van der Waals surface area contributed by atoms with E-state index >= 15 is 0 Å². The second kappa shape index (κ2) is 5.91. The van der Waals surface area contributed by atoms with E-state index in [0.717, 1.165) is 30.2 Å². The summed E-state index contributed by atoms with van der Waals surface area (Å²) in [6, 6.07) is 5.33. The van der Waals surface area contributed by atoms with Crippen molar-refractivity contribution in [1.82, 2.24) is 14.8 Å². The number of hydrogen-bond acceptors (Lipinski definition) is 2. The molecule has 1 aromatic carbocycles. The molecule has 0 aliphatic heterocycles. The summed E-state index contributed by atoms with van der Waals surface area (Å²) in [7, 11) is 0. The molecule has 0 N–H and O–H groups in total. The molecule has 1 aromatic heterocycles. The van der Waals surface area contributed by atoms with E-state index in [0.29, 0.717) is 15.9 Å². The van der Waals surface area contributed by atoms with Gasteiger partial charge in [-0.25, -0.2) is 0 Å². The summed E-state index contributed by atoms with van der Waals surface area (Å²) in [5.41, 5.74) is 0.852. The Kier molecular flexibility index (Phi) is 4.49. The highest BCUT2D eigenvalue weighted by Gasteiger charge is 2.13. The first-order valence-electron chi connectivity index (χ1n) is 5.60. The molecule has 0 aliphatic rings. The van der Waals surface area contributed by atoms with Crippen molar-refractivity contribution in [3.05, 3.63) is 34.1 Å². The summed E-state index contributed by atoms with van der Waals surface area (Å²) in [6.45, 7) is 2.90. The van der Waals surface area contributed by atoms with Crippen molar-refractivity contribution in [2.24, 2.45) is 0 Å². The third-order valence-electron chi connectivity index (χ3n) is 2.51. The molecular formula is C12H12Cl3N3. The van der Waals surface area contributed by atoms with Gasteiger partial charge in [-0.3, -0.25) is 0 Å². The highest BCUT2D eigenvalue weighted by molar-refractivity contribution is 6.35. The summed E-state index contributed by atoms with van der Waals surface area (Å²) in [4.78, 5) is 0. The minimum Gasteiger partial charge on any atom is -0.310 e. The Morgan fingerprint density at radius 1 is 1.11 bits per heavy atom. The first kappa shape index (κ1) is 13.7. The highest BCUT2D eigenvalue weighted by Crippen LogP contribution is 2.27. The first-order chi connectivity index (χ1) is 8.65. The Morgan fingerprint density at radius 2 is 1.78 bits per heavy atom. The van der Waals surface area contributed by atoms with E-state index in [9.17, 15) is 0 Å². The number of halogens is 3. The third kappa shape index (κ3) is 2.79. The topological polar surface area (TPSA) is 30.7 Å². The average Bonchev–Trinajstić information content (AvgIpc) is 2.71. The minimum atomic E-state index is 0.335. The van der Waals surface area contributed by atoms with E-state index in [4.69, 9.17) is 34.8 Å². The molecule has 18 heavy (non-hydrogen) atoms. The van der Waals surface area contributed by atoms with E-state index in [-0.39, 0.29) is 0 Å². The van der Waals surface area contributed by atoms with Gasteiger partial charge in [0.15, 0.2) is 5.82 Å². The fourth-order valence-corrected chi connectivity index (χ4v) is 2.51. The second-order valence-electron chi connectivity index (χ2n) is 3.88. The van der Waals surface area contributed by atoms with Crippen LogP contribution in [0.15, 0.2) is 18.2 Å². The lowest BCUT2D eigenvalue weighted by Gasteiger charge is -2.08. The Morgan fingerprint density at radius 3 is 2.33 bits per heavy atom. The Labute approximate surface area is 121 Å². The van der Waals surface area contributed by atoms with Gasteiger partial charge in [-0.1, -0.05) is 30.1 Å². The number of alkyl halides is 1. The molecule has 3 nitrogen and oxygen atoms in total. The first-order valence-corrected chi connectivity index (χ1v) is 6.89. The van der Waals surface area contributed by atoms with Crippen LogP contribution in [0.4, 0.5) is 0 Å². The lowest BCUT2D eigenvalue weighted by molar-refractivity contribution is 0.659. The van der Waals surface area contributed by atoms with Gasteiger partial charge in [-0.15, -0.1) is 21.8 Å². The van der Waals surface area contributed by atoms with Crippen LogP contribution in [-0.2, 0) is 12.4 Å². The quantitative estimate of drug-likeness (QED) is 0.784. The lowest BCUT2D eigenvalue weighted by atomic mass is 10.2. The smallest absolute Gasteiger partial charge is 0.164 e. The Balaban J connectivity index is 2.52. The van der Waals surface area contributed by atoms with Crippen molar-refractivity contribution < 1.29 is 0 Å². The Hall–Kier alpha value is -0.770. The maximum Gasteiger partial charge on any atom is 0.164 e. The van der Waals surface area contributed by atoms with E-state index in [1.54, 1.807) is 6.07 Å². The zero-order chi connectivity index (χ0) is 13.1. The van der Waals surface area contributed by atoms with E-state index in [1.165, 1.54) is 0 Å². The number of aromatic nitrogens is 3. The van der Waals surface area contributed by atoms with Crippen LogP contribution in [0.2, 0.25) is 10.0 Å². The zero-order valence-corrected chi connectivity index (χ0v) is 12.1. The summed E-state index contributed by atoms with van der Waals surface area (Å²) in [5, 5.41) is 9.41. The molecular weight excluding hydrogens is 293 g/mol. The van der Waals surface area contributed by atoms with Crippen LogP contribution in [0, 0.1) is 0 Å². The highest BCUT2D eigenvalue weighted by atomic mass is 35.5. The van der Waals surface area contributed by atoms with Crippen LogP contribution in [0.3, 0.4) is 0 Å². The van der Waals surface area contributed by atoms with Crippen molar-refractivity contribution in [2.45, 2.75) is 25.8 Å². The molecule has 0 radical (unpaired) electrons. The van der Waals surface area contributed by atoms with Gasteiger partial charge in [0.1, 0.15) is 5.82 Å². The third-order valence-corrected chi connectivity index (χ3v) is 3.19. The number of hydrogen-bond donors (Lipinski definition) is 0. The van der Waals surface area contributed by atoms with E-state index in [1.807, 2.05) is 16.7 Å². The summed E-state index contributed by atoms with van der Waals surface area (Å²) in [5.74, 6) is 1.84. The molecule has 0 saturated heterocycles. The molecule has 2 aromatic rings. The van der Waals surface area contributed by atoms with Crippen molar-refractivity contribution in [1.29, 1.82) is 0 Å². The van der Waals surface area contributed by atoms with Crippen LogP contribution < -0.4 is 0 Å². The summed E-state index contributed by atoms with van der Waals surface area (Å²) in [6.07, 6.45) is 0.975. The second-order valence-corrected chi connectivity index (χ2v) is 5.02. The van der Waals surface area contributed by atoms with Crippen LogP contribution in [0.25, 0.3) is 11.4 Å². The van der Waals surface area contributed by atoms with Crippen LogP contribution in [0.1, 0.15) is 19.2 Å². The fourth-order valence-electron chi connectivity index (χ4n) is 1.79. The van der Waals surface area contributed by atoms with Crippen LogP contribution in [-0.4, -0.2) is 14.8 Å². The number of benzene rings is 1. The summed E-state index contributed by atoms with van der Waals surface area (Å²) < 4.78 is 2.00. The van der Waals surface area contributed by atoms with Gasteiger partial charge >= 0.3 is 0 Å². The molecule has 0 fully saturated rings. The number of nitrogens with zero attached hydrogens (tertiary/aromatic N) is 3. The maximum absolute atomic E-state index is 6.00. The van der Waals surface area contributed by atoms with E-state index in [2.05, 4.69) is 17.1 Å². The SMILES string of the molecule is CCCn1c(CCl)nnc1-c1cc(Cl)cc(Cl)c1. The minimum absolute atomic E-state index is 0.335. The zero-order valence-electron chi connectivity index (χ0n) is 9.83. The average molecular weight is 305 g/mol. The van der Waals surface area contributed by atoms with E-state index < -0.39 is 0 Å². The molecule has 0 atom stereocenters. The van der Waals surface area contributed by atoms with Gasteiger partial charge in [0.2, 0.25) is 0 Å². The fraction of sp³-hybridized carbons (Fsp3) is 0.333. The molecule has 96 valence electrons. The van der Waals surface area contributed by atoms with Crippen LogP contribution >= 0.6 is 34.8 Å². The standard InChI is InChI=1S/C12H12Cl3N3/c1-2-3-18-11(7-13)16-17-12(18)8-4-9(14)6-10(15)5-8/h4-6H,2-3,7H2,1H3. The van der Waals surface area contributed by atoms with Crippen molar-refractivity contribution in [2.75, 3.05) is 0 Å². The molecule has 0 aliphatic carbocycles. The predicted molar refractivity (Wildman–Crippen MR) is 75.3 cm³/mol. The largest absolute Gasteiger partial charge is 0.310 e. The molecule has 6 heteroatoms. The van der Waals surface area contributed by atoms with Crippen LogP contribution in [0.5, 0.6) is 0 Å². The van der Waals surface area contributed by atoms with Gasteiger partial charge in [0, 0.05) is 22.2 Å². The van der Waals surface area contributed by atoms with Gasteiger partial charge in [-0.05, 0) is 24.6 Å². The molecule has 0 unspecified atom stereocenters. The normalized spacial score (nSPS) is 10.9. The summed E-state index contributed by atoms with van der Waals surface area (Å²) >= 11 is 17.9. The lowest BCUT2D eigenvalue weighted by Crippen LogP contribution is -2.03. The molecule has 0 saturated carbocycles. The van der Waals surface area contributed by atoms with Gasteiger partial charge in [0.05, 0.1) is 5.88 Å². The number of rotatable bonds is 4. The van der Waals surface area contributed by atoms with Gasteiger partial charge < -0.3 is 4.57 Å². The Bertz CT molecular complexity index is 531. The molecule has 2 rings (SSSR count). The predicted octanol–water partition coefficient (Wildman–Crippen LogP) is 4.40. The van der Waals surface area contributed by atoms with Gasteiger partial charge in [0.25, 0.3) is 0 Å². The van der Waals surface area contributed by atoms with Gasteiger partial charge in [-0.2, -0.15) is 0 Å². The molecule has 1 heterocycles. The molecule has 0 spiro atoms. The van der Waals surface area contributed by atoms with Crippen molar-refractivity contribution >= 4 is 34.8 Å². The maximum atomic E-state index is 6.00. The molecule has 0 bridgehead atoms. The monoisotopic (exact) mass is 303 g/mol. The van der Waals surface area contributed by atoms with Crippen molar-refractivity contribution in [3.63, 3.8) is 0 Å². The molecule has 0 amide bonds. The van der Waals surface area contributed by atoms with Crippen molar-refractivity contribution in [3.8, 4) is 11.4 Å².